The molecule has 17 heavy (non-hydrogen) atoms. The molecule has 0 aromatic heterocycles. The smallest absolute Gasteiger partial charge is 0.146 e. The van der Waals surface area contributed by atoms with Crippen molar-refractivity contribution in [2.24, 2.45) is 0 Å². The molecule has 1 heterocycles. The van der Waals surface area contributed by atoms with E-state index in [0.29, 0.717) is 17.1 Å². The molecule has 1 aromatic rings. The highest BCUT2D eigenvalue weighted by atomic mass is 79.9. The van der Waals surface area contributed by atoms with Gasteiger partial charge in [0.15, 0.2) is 0 Å². The SMILES string of the molecule is CN(c1ccc(CBr)cc1F)C1CCOCC1. The summed E-state index contributed by atoms with van der Waals surface area (Å²) in [6, 6.07) is 5.80. The lowest BCUT2D eigenvalue weighted by molar-refractivity contribution is 0.0853. The third-order valence-electron chi connectivity index (χ3n) is 3.28. The van der Waals surface area contributed by atoms with Crippen molar-refractivity contribution in [3.63, 3.8) is 0 Å². The first-order valence-electron chi connectivity index (χ1n) is 5.87. The number of hydrogen-bond donors (Lipinski definition) is 0. The van der Waals surface area contributed by atoms with Gasteiger partial charge >= 0.3 is 0 Å². The van der Waals surface area contributed by atoms with Gasteiger partial charge in [0, 0.05) is 31.6 Å². The van der Waals surface area contributed by atoms with E-state index in [1.165, 1.54) is 0 Å². The average Bonchev–Trinajstić information content (AvgIpc) is 2.39. The predicted molar refractivity (Wildman–Crippen MR) is 71.3 cm³/mol. The quantitative estimate of drug-likeness (QED) is 0.794. The van der Waals surface area contributed by atoms with Crippen molar-refractivity contribution in [2.75, 3.05) is 25.2 Å². The molecule has 94 valence electrons. The number of benzene rings is 1. The highest BCUT2D eigenvalue weighted by Gasteiger charge is 2.20. The van der Waals surface area contributed by atoms with Gasteiger partial charge in [0.1, 0.15) is 5.82 Å². The Morgan fingerprint density at radius 2 is 2.12 bits per heavy atom. The van der Waals surface area contributed by atoms with Crippen LogP contribution in [-0.2, 0) is 10.1 Å². The molecule has 1 aromatic carbocycles. The molecule has 1 aliphatic heterocycles. The van der Waals surface area contributed by atoms with Crippen molar-refractivity contribution >= 4 is 21.6 Å². The Balaban J connectivity index is 2.15. The van der Waals surface area contributed by atoms with Crippen LogP contribution in [0, 0.1) is 5.82 Å². The van der Waals surface area contributed by atoms with Crippen LogP contribution in [0.3, 0.4) is 0 Å². The van der Waals surface area contributed by atoms with E-state index < -0.39 is 0 Å². The summed E-state index contributed by atoms with van der Waals surface area (Å²) in [5.74, 6) is -0.143. The zero-order valence-electron chi connectivity index (χ0n) is 9.96. The molecular formula is C13H17BrFNO. The molecule has 0 saturated carbocycles. The van der Waals surface area contributed by atoms with Crippen LogP contribution in [-0.4, -0.2) is 26.3 Å². The van der Waals surface area contributed by atoms with Crippen LogP contribution in [0.5, 0.6) is 0 Å². The molecule has 1 fully saturated rings. The molecule has 2 nitrogen and oxygen atoms in total. The minimum absolute atomic E-state index is 0.143. The molecule has 0 unspecified atom stereocenters. The molecule has 0 bridgehead atoms. The van der Waals surface area contributed by atoms with E-state index in [2.05, 4.69) is 15.9 Å². The molecular weight excluding hydrogens is 285 g/mol. The van der Waals surface area contributed by atoms with Crippen molar-refractivity contribution in [2.45, 2.75) is 24.2 Å². The van der Waals surface area contributed by atoms with E-state index in [1.54, 1.807) is 6.07 Å². The van der Waals surface area contributed by atoms with Gasteiger partial charge in [-0.25, -0.2) is 4.39 Å². The van der Waals surface area contributed by atoms with Crippen LogP contribution in [0.25, 0.3) is 0 Å². The first-order chi connectivity index (χ1) is 8.22. The fourth-order valence-corrected chi connectivity index (χ4v) is 2.54. The summed E-state index contributed by atoms with van der Waals surface area (Å²) in [6.45, 7) is 1.55. The molecule has 0 radical (unpaired) electrons. The fraction of sp³-hybridized carbons (Fsp3) is 0.538. The molecule has 1 aliphatic rings. The zero-order valence-corrected chi connectivity index (χ0v) is 11.5. The summed E-state index contributed by atoms with van der Waals surface area (Å²) in [7, 11) is 1.96. The fourth-order valence-electron chi connectivity index (χ4n) is 2.19. The summed E-state index contributed by atoms with van der Waals surface area (Å²) in [5.41, 5.74) is 1.65. The summed E-state index contributed by atoms with van der Waals surface area (Å²) in [4.78, 5) is 2.04. The number of hydrogen-bond acceptors (Lipinski definition) is 2. The van der Waals surface area contributed by atoms with Crippen LogP contribution in [0.1, 0.15) is 18.4 Å². The van der Waals surface area contributed by atoms with E-state index in [0.717, 1.165) is 31.6 Å². The number of ether oxygens (including phenoxy) is 1. The maximum atomic E-state index is 13.9. The van der Waals surface area contributed by atoms with Crippen molar-refractivity contribution in [3.05, 3.63) is 29.6 Å². The summed E-state index contributed by atoms with van der Waals surface area (Å²) in [6.07, 6.45) is 1.94. The Morgan fingerprint density at radius 3 is 2.71 bits per heavy atom. The van der Waals surface area contributed by atoms with Crippen LogP contribution in [0.2, 0.25) is 0 Å². The Labute approximate surface area is 110 Å². The second kappa shape index (κ2) is 5.83. The predicted octanol–water partition coefficient (Wildman–Crippen LogP) is 3.34. The second-order valence-corrected chi connectivity index (χ2v) is 4.93. The van der Waals surface area contributed by atoms with Gasteiger partial charge in [0.2, 0.25) is 0 Å². The Morgan fingerprint density at radius 1 is 1.41 bits per heavy atom. The molecule has 0 N–H and O–H groups in total. The topological polar surface area (TPSA) is 12.5 Å². The molecule has 4 heteroatoms. The molecule has 0 amide bonds. The number of anilines is 1. The van der Waals surface area contributed by atoms with Crippen LogP contribution in [0.15, 0.2) is 18.2 Å². The first kappa shape index (κ1) is 12.8. The van der Waals surface area contributed by atoms with Gasteiger partial charge < -0.3 is 9.64 Å². The van der Waals surface area contributed by atoms with Crippen LogP contribution < -0.4 is 4.90 Å². The van der Waals surface area contributed by atoms with Gasteiger partial charge in [-0.15, -0.1) is 0 Å². The lowest BCUT2D eigenvalue weighted by Crippen LogP contribution is -2.37. The Kier molecular flexibility index (Phi) is 4.40. The maximum Gasteiger partial charge on any atom is 0.146 e. The number of rotatable bonds is 3. The van der Waals surface area contributed by atoms with Crippen LogP contribution >= 0.6 is 15.9 Å². The van der Waals surface area contributed by atoms with Crippen molar-refractivity contribution in [1.82, 2.24) is 0 Å². The first-order valence-corrected chi connectivity index (χ1v) is 6.99. The highest BCUT2D eigenvalue weighted by Crippen LogP contribution is 2.25. The van der Waals surface area contributed by atoms with Crippen molar-refractivity contribution < 1.29 is 9.13 Å². The molecule has 0 aliphatic carbocycles. The summed E-state index contributed by atoms with van der Waals surface area (Å²) < 4.78 is 19.3. The van der Waals surface area contributed by atoms with Gasteiger partial charge in [-0.3, -0.25) is 0 Å². The third-order valence-corrected chi connectivity index (χ3v) is 3.93. The lowest BCUT2D eigenvalue weighted by atomic mass is 10.1. The second-order valence-electron chi connectivity index (χ2n) is 4.37. The molecule has 0 atom stereocenters. The normalized spacial score (nSPS) is 17.1. The summed E-state index contributed by atoms with van der Waals surface area (Å²) in [5, 5.41) is 0.686. The molecule has 0 spiro atoms. The van der Waals surface area contributed by atoms with E-state index in [-0.39, 0.29) is 5.82 Å². The maximum absolute atomic E-state index is 13.9. The van der Waals surface area contributed by atoms with E-state index in [4.69, 9.17) is 4.74 Å². The van der Waals surface area contributed by atoms with Crippen molar-refractivity contribution in [3.8, 4) is 0 Å². The lowest BCUT2D eigenvalue weighted by Gasteiger charge is -2.33. The Hall–Kier alpha value is -0.610. The largest absolute Gasteiger partial charge is 0.381 e. The molecule has 1 saturated heterocycles. The van der Waals surface area contributed by atoms with Crippen LogP contribution in [0.4, 0.5) is 10.1 Å². The van der Waals surface area contributed by atoms with Gasteiger partial charge in [-0.2, -0.15) is 0 Å². The van der Waals surface area contributed by atoms with E-state index >= 15 is 0 Å². The number of nitrogens with zero attached hydrogens (tertiary/aromatic N) is 1. The standard InChI is InChI=1S/C13H17BrFNO/c1-16(11-4-6-17-7-5-11)13-3-2-10(9-14)8-12(13)15/h2-3,8,11H,4-7,9H2,1H3. The number of alkyl halides is 1. The van der Waals surface area contributed by atoms with Crippen molar-refractivity contribution in [1.29, 1.82) is 0 Å². The van der Waals surface area contributed by atoms with Gasteiger partial charge in [-0.05, 0) is 30.5 Å². The highest BCUT2D eigenvalue weighted by molar-refractivity contribution is 9.08. The number of halogens is 2. The van der Waals surface area contributed by atoms with Gasteiger partial charge in [0.25, 0.3) is 0 Å². The average molecular weight is 302 g/mol. The van der Waals surface area contributed by atoms with Gasteiger partial charge in [0.05, 0.1) is 5.69 Å². The minimum Gasteiger partial charge on any atom is -0.381 e. The van der Waals surface area contributed by atoms with Gasteiger partial charge in [-0.1, -0.05) is 22.0 Å². The Bertz CT molecular complexity index is 380. The zero-order chi connectivity index (χ0) is 12.3. The van der Waals surface area contributed by atoms with E-state index in [9.17, 15) is 4.39 Å². The van der Waals surface area contributed by atoms with E-state index in [1.807, 2.05) is 24.1 Å². The minimum atomic E-state index is -0.143. The monoisotopic (exact) mass is 301 g/mol. The summed E-state index contributed by atoms with van der Waals surface area (Å²) >= 11 is 3.33. The third kappa shape index (κ3) is 2.99. The molecule has 2 rings (SSSR count).